The van der Waals surface area contributed by atoms with Crippen molar-refractivity contribution < 1.29 is 44.3 Å². The van der Waals surface area contributed by atoms with Crippen LogP contribution < -0.4 is 40.0 Å². The number of hydrogen-bond acceptors (Lipinski definition) is 3. The first-order chi connectivity index (χ1) is 7.02. The monoisotopic (exact) mass is 227 g/mol. The second-order valence-corrected chi connectivity index (χ2v) is 3.07. The van der Waals surface area contributed by atoms with Crippen molar-refractivity contribution in [1.29, 1.82) is 0 Å². The molecule has 1 amide bonds. The number of rotatable bonds is 3. The summed E-state index contributed by atoms with van der Waals surface area (Å²) in [6.45, 7) is 4.99. The van der Waals surface area contributed by atoms with Gasteiger partial charge < -0.3 is 15.2 Å². The van der Waals surface area contributed by atoms with Crippen LogP contribution in [0.3, 0.4) is 0 Å². The average Bonchev–Trinajstić information content (AvgIpc) is 2.18. The van der Waals surface area contributed by atoms with Crippen LogP contribution in [-0.4, -0.2) is 11.9 Å². The van der Waals surface area contributed by atoms with Crippen molar-refractivity contribution in [1.82, 2.24) is 0 Å². The quantitative estimate of drug-likeness (QED) is 0.461. The fourth-order valence-electron chi connectivity index (χ4n) is 0.999. The summed E-state index contributed by atoms with van der Waals surface area (Å²) < 4.78 is 0. The van der Waals surface area contributed by atoms with Gasteiger partial charge in [-0.05, 0) is 13.0 Å². The first kappa shape index (κ1) is 14.9. The molecule has 0 atom stereocenters. The zero-order valence-corrected chi connectivity index (χ0v) is 11.2. The van der Waals surface area contributed by atoms with E-state index in [0.717, 1.165) is 0 Å². The minimum Gasteiger partial charge on any atom is -0.545 e. The fraction of sp³-hybridized carbons (Fsp3) is 0.0909. The van der Waals surface area contributed by atoms with Crippen LogP contribution in [0, 0.1) is 0 Å². The predicted octanol–water partition coefficient (Wildman–Crippen LogP) is -2.43. The second-order valence-electron chi connectivity index (χ2n) is 3.07. The van der Waals surface area contributed by atoms with E-state index in [1.54, 1.807) is 12.1 Å². The molecule has 0 heterocycles. The van der Waals surface area contributed by atoms with E-state index in [1.165, 1.54) is 19.1 Å². The van der Waals surface area contributed by atoms with Crippen LogP contribution in [0.2, 0.25) is 0 Å². The minimum atomic E-state index is -1.33. The Bertz CT molecular complexity index is 429. The number of benzene rings is 1. The first-order valence-electron chi connectivity index (χ1n) is 4.29. The van der Waals surface area contributed by atoms with E-state index in [4.69, 9.17) is 0 Å². The van der Waals surface area contributed by atoms with Gasteiger partial charge in [0, 0.05) is 11.1 Å². The Morgan fingerprint density at radius 2 is 1.88 bits per heavy atom. The van der Waals surface area contributed by atoms with Crippen molar-refractivity contribution in [2.45, 2.75) is 6.92 Å². The van der Waals surface area contributed by atoms with Crippen LogP contribution in [0.1, 0.15) is 17.3 Å². The molecule has 0 aliphatic heterocycles. The van der Waals surface area contributed by atoms with Crippen molar-refractivity contribution in [3.8, 4) is 0 Å². The molecule has 0 fully saturated rings. The summed E-state index contributed by atoms with van der Waals surface area (Å²) in [5, 5.41) is 13.1. The Hall–Kier alpha value is -1.10. The molecule has 0 unspecified atom stereocenters. The first-order valence-corrected chi connectivity index (χ1v) is 4.29. The third-order valence-corrected chi connectivity index (χ3v) is 1.78. The molecule has 0 saturated heterocycles. The summed E-state index contributed by atoms with van der Waals surface area (Å²) >= 11 is 0. The number of carbonyl (C=O) groups excluding carboxylic acids is 2. The van der Waals surface area contributed by atoms with Gasteiger partial charge in [-0.25, -0.2) is 0 Å². The Morgan fingerprint density at radius 1 is 1.31 bits per heavy atom. The van der Waals surface area contributed by atoms with E-state index in [9.17, 15) is 14.7 Å². The third kappa shape index (κ3) is 3.81. The van der Waals surface area contributed by atoms with Gasteiger partial charge in [0.05, 0.1) is 11.7 Å². The van der Waals surface area contributed by atoms with Crippen LogP contribution in [-0.2, 0) is 4.79 Å². The fourth-order valence-corrected chi connectivity index (χ4v) is 0.999. The molecule has 16 heavy (non-hydrogen) atoms. The molecular weight excluding hydrogens is 217 g/mol. The van der Waals surface area contributed by atoms with Crippen molar-refractivity contribution in [3.63, 3.8) is 0 Å². The van der Waals surface area contributed by atoms with E-state index in [2.05, 4.69) is 11.9 Å². The average molecular weight is 227 g/mol. The maximum Gasteiger partial charge on any atom is 1.00 e. The Labute approximate surface area is 116 Å². The van der Waals surface area contributed by atoms with Crippen LogP contribution >= 0.6 is 0 Å². The Balaban J connectivity index is 0.00000225. The topological polar surface area (TPSA) is 69.2 Å². The number of anilines is 1. The molecule has 0 bridgehead atoms. The molecule has 1 aromatic carbocycles. The van der Waals surface area contributed by atoms with Crippen molar-refractivity contribution >= 4 is 17.6 Å². The van der Waals surface area contributed by atoms with E-state index in [0.29, 0.717) is 5.57 Å². The molecule has 0 aliphatic rings. The molecule has 0 saturated carbocycles. The zero-order valence-electron chi connectivity index (χ0n) is 9.24. The molecule has 1 N–H and O–H groups in total. The number of carboxylic acids is 1. The number of aromatic carboxylic acids is 1. The van der Waals surface area contributed by atoms with Gasteiger partial charge in [-0.1, -0.05) is 24.8 Å². The number of carbonyl (C=O) groups is 2. The SMILES string of the molecule is C=C(C)C(=O)Nc1ccccc1C(=O)[O-].[Na+]. The maximum atomic E-state index is 11.3. The van der Waals surface area contributed by atoms with Gasteiger partial charge in [-0.15, -0.1) is 0 Å². The van der Waals surface area contributed by atoms with Gasteiger partial charge in [0.25, 0.3) is 5.91 Å². The van der Waals surface area contributed by atoms with E-state index >= 15 is 0 Å². The van der Waals surface area contributed by atoms with Gasteiger partial charge in [0.15, 0.2) is 0 Å². The molecular formula is C11H10NNaO3. The summed E-state index contributed by atoms with van der Waals surface area (Å²) in [4.78, 5) is 22.0. The zero-order chi connectivity index (χ0) is 11.4. The Kier molecular flexibility index (Phi) is 6.03. The number of carboxylic acid groups (broad SMARTS) is 1. The third-order valence-electron chi connectivity index (χ3n) is 1.78. The smallest absolute Gasteiger partial charge is 0.545 e. The molecule has 1 rings (SSSR count). The van der Waals surface area contributed by atoms with Gasteiger partial charge in [-0.2, -0.15) is 0 Å². The van der Waals surface area contributed by atoms with Gasteiger partial charge in [0.1, 0.15) is 0 Å². The van der Waals surface area contributed by atoms with E-state index in [-0.39, 0.29) is 40.8 Å². The van der Waals surface area contributed by atoms with Crippen LogP contribution in [0.5, 0.6) is 0 Å². The van der Waals surface area contributed by atoms with Crippen LogP contribution in [0.25, 0.3) is 0 Å². The van der Waals surface area contributed by atoms with Crippen LogP contribution in [0.15, 0.2) is 36.4 Å². The largest absolute Gasteiger partial charge is 1.00 e. The number of nitrogens with one attached hydrogen (secondary N) is 1. The maximum absolute atomic E-state index is 11.3. The van der Waals surface area contributed by atoms with Gasteiger partial charge in [0.2, 0.25) is 0 Å². The summed E-state index contributed by atoms with van der Waals surface area (Å²) in [6.07, 6.45) is 0. The number of amides is 1. The molecule has 78 valence electrons. The molecule has 4 nitrogen and oxygen atoms in total. The van der Waals surface area contributed by atoms with E-state index in [1.807, 2.05) is 0 Å². The summed E-state index contributed by atoms with van der Waals surface area (Å²) in [6, 6.07) is 6.04. The predicted molar refractivity (Wildman–Crippen MR) is 54.2 cm³/mol. The molecule has 0 radical (unpaired) electrons. The molecule has 0 aliphatic carbocycles. The molecule has 0 spiro atoms. The summed E-state index contributed by atoms with van der Waals surface area (Å²) in [5.74, 6) is -1.74. The molecule has 5 heteroatoms. The number of hydrogen-bond donors (Lipinski definition) is 1. The standard InChI is InChI=1S/C11H11NO3.Na/c1-7(2)10(13)12-9-6-4-3-5-8(9)11(14)15;/h3-6H,1H2,2H3,(H,12,13)(H,14,15);/q;+1/p-1. The minimum absolute atomic E-state index is 0. The Morgan fingerprint density at radius 3 is 2.38 bits per heavy atom. The number of para-hydroxylation sites is 1. The molecule has 1 aromatic rings. The van der Waals surface area contributed by atoms with Crippen molar-refractivity contribution in [2.75, 3.05) is 5.32 Å². The van der Waals surface area contributed by atoms with E-state index < -0.39 is 11.9 Å². The second kappa shape index (κ2) is 6.48. The summed E-state index contributed by atoms with van der Waals surface area (Å²) in [7, 11) is 0. The molecule has 0 aromatic heterocycles. The van der Waals surface area contributed by atoms with Gasteiger partial charge >= 0.3 is 29.6 Å². The van der Waals surface area contributed by atoms with Gasteiger partial charge in [-0.3, -0.25) is 4.79 Å². The summed E-state index contributed by atoms with van der Waals surface area (Å²) in [5.41, 5.74) is 0.473. The van der Waals surface area contributed by atoms with Crippen molar-refractivity contribution in [2.24, 2.45) is 0 Å². The van der Waals surface area contributed by atoms with Crippen molar-refractivity contribution in [3.05, 3.63) is 42.0 Å². The van der Waals surface area contributed by atoms with Crippen LogP contribution in [0.4, 0.5) is 5.69 Å². The normalized spacial score (nSPS) is 8.81.